The van der Waals surface area contributed by atoms with Gasteiger partial charge in [0, 0.05) is 34.5 Å². The van der Waals surface area contributed by atoms with Gasteiger partial charge in [-0.1, -0.05) is 22.0 Å². The fraction of sp³-hybridized carbons (Fsp3) is 0.250. The van der Waals surface area contributed by atoms with Gasteiger partial charge in [-0.2, -0.15) is 0 Å². The second-order valence-corrected chi connectivity index (χ2v) is 4.49. The molecule has 2 aromatic rings. The molecule has 1 aromatic carbocycles. The van der Waals surface area contributed by atoms with Crippen molar-refractivity contribution in [2.45, 2.75) is 19.9 Å². The zero-order valence-electron chi connectivity index (χ0n) is 8.53. The first-order chi connectivity index (χ1) is 7.18. The highest BCUT2D eigenvalue weighted by atomic mass is 79.9. The van der Waals surface area contributed by atoms with Crippen LogP contribution in [0.5, 0.6) is 0 Å². The summed E-state index contributed by atoms with van der Waals surface area (Å²) in [6, 6.07) is 8.17. The minimum Gasteiger partial charge on any atom is -0.347 e. The Kier molecular flexibility index (Phi) is 2.91. The van der Waals surface area contributed by atoms with E-state index in [1.807, 2.05) is 18.3 Å². The molecule has 0 aliphatic carbocycles. The second kappa shape index (κ2) is 4.19. The van der Waals surface area contributed by atoms with Gasteiger partial charge in [0.05, 0.1) is 0 Å². The summed E-state index contributed by atoms with van der Waals surface area (Å²) in [7, 11) is 0. The van der Waals surface area contributed by atoms with Gasteiger partial charge in [-0.25, -0.2) is 0 Å². The molecular formula is C12H12BrNO. The summed E-state index contributed by atoms with van der Waals surface area (Å²) in [6.07, 6.45) is 2.62. The van der Waals surface area contributed by atoms with Gasteiger partial charge in [0.2, 0.25) is 0 Å². The lowest BCUT2D eigenvalue weighted by atomic mass is 10.2. The Bertz CT molecular complexity index is 501. The predicted molar refractivity (Wildman–Crippen MR) is 64.9 cm³/mol. The third-order valence-corrected chi connectivity index (χ3v) is 3.16. The highest BCUT2D eigenvalue weighted by Gasteiger charge is 2.03. The molecule has 0 N–H and O–H groups in total. The Morgan fingerprint density at radius 2 is 2.20 bits per heavy atom. The number of Topliss-reactive ketones (excluding diaryl/α,β-unsaturated/α-hetero) is 1. The van der Waals surface area contributed by atoms with Crippen LogP contribution in [0.25, 0.3) is 10.9 Å². The van der Waals surface area contributed by atoms with Crippen LogP contribution in [0, 0.1) is 0 Å². The number of fused-ring (bicyclic) bond motifs is 1. The van der Waals surface area contributed by atoms with Crippen LogP contribution in [-0.2, 0) is 11.3 Å². The fourth-order valence-corrected chi connectivity index (χ4v) is 2.15. The Morgan fingerprint density at radius 3 is 2.93 bits per heavy atom. The average Bonchev–Trinajstić information content (AvgIpc) is 2.59. The van der Waals surface area contributed by atoms with Crippen LogP contribution in [0.3, 0.4) is 0 Å². The van der Waals surface area contributed by atoms with Crippen LogP contribution in [0.1, 0.15) is 13.3 Å². The average molecular weight is 266 g/mol. The number of hydrogen-bond acceptors (Lipinski definition) is 1. The minimum atomic E-state index is 0.229. The van der Waals surface area contributed by atoms with Gasteiger partial charge in [-0.05, 0) is 25.1 Å². The van der Waals surface area contributed by atoms with Crippen LogP contribution >= 0.6 is 15.9 Å². The monoisotopic (exact) mass is 265 g/mol. The lowest BCUT2D eigenvalue weighted by molar-refractivity contribution is -0.117. The lowest BCUT2D eigenvalue weighted by Crippen LogP contribution is -2.00. The summed E-state index contributed by atoms with van der Waals surface area (Å²) in [5.74, 6) is 0.229. The molecule has 0 unspecified atom stereocenters. The van der Waals surface area contributed by atoms with E-state index in [2.05, 4.69) is 32.6 Å². The number of benzene rings is 1. The zero-order chi connectivity index (χ0) is 10.8. The van der Waals surface area contributed by atoms with E-state index in [9.17, 15) is 4.79 Å². The smallest absolute Gasteiger partial charge is 0.131 e. The molecular weight excluding hydrogens is 254 g/mol. The maximum Gasteiger partial charge on any atom is 0.131 e. The zero-order valence-corrected chi connectivity index (χ0v) is 10.1. The third kappa shape index (κ3) is 2.12. The van der Waals surface area contributed by atoms with Crippen LogP contribution in [0.2, 0.25) is 0 Å². The molecule has 0 saturated heterocycles. The lowest BCUT2D eigenvalue weighted by Gasteiger charge is -2.03. The summed E-state index contributed by atoms with van der Waals surface area (Å²) >= 11 is 3.51. The number of halogens is 1. The van der Waals surface area contributed by atoms with E-state index in [0.29, 0.717) is 6.42 Å². The number of hydrogen-bond donors (Lipinski definition) is 0. The van der Waals surface area contributed by atoms with Gasteiger partial charge in [0.15, 0.2) is 0 Å². The summed E-state index contributed by atoms with van der Waals surface area (Å²) in [4.78, 5) is 10.9. The van der Waals surface area contributed by atoms with E-state index >= 15 is 0 Å². The highest BCUT2D eigenvalue weighted by molar-refractivity contribution is 9.10. The molecule has 0 bridgehead atoms. The van der Waals surface area contributed by atoms with E-state index < -0.39 is 0 Å². The van der Waals surface area contributed by atoms with Gasteiger partial charge in [-0.3, -0.25) is 4.79 Å². The number of carbonyl (C=O) groups is 1. The van der Waals surface area contributed by atoms with E-state index in [1.165, 1.54) is 10.9 Å². The van der Waals surface area contributed by atoms with Gasteiger partial charge >= 0.3 is 0 Å². The molecule has 0 aliphatic heterocycles. The van der Waals surface area contributed by atoms with Crippen molar-refractivity contribution < 1.29 is 4.79 Å². The second-order valence-electron chi connectivity index (χ2n) is 3.63. The number of carbonyl (C=O) groups excluding carboxylic acids is 1. The van der Waals surface area contributed by atoms with Crippen LogP contribution in [-0.4, -0.2) is 10.4 Å². The van der Waals surface area contributed by atoms with Gasteiger partial charge in [-0.15, -0.1) is 0 Å². The van der Waals surface area contributed by atoms with E-state index in [1.54, 1.807) is 6.92 Å². The number of aromatic nitrogens is 1. The van der Waals surface area contributed by atoms with E-state index in [-0.39, 0.29) is 5.78 Å². The number of ketones is 1. The van der Waals surface area contributed by atoms with Gasteiger partial charge in [0.25, 0.3) is 0 Å². The van der Waals surface area contributed by atoms with E-state index in [0.717, 1.165) is 11.0 Å². The van der Waals surface area contributed by atoms with Crippen LogP contribution in [0.4, 0.5) is 0 Å². The molecule has 0 spiro atoms. The van der Waals surface area contributed by atoms with Crippen LogP contribution in [0.15, 0.2) is 34.9 Å². The molecule has 1 heterocycles. The SMILES string of the molecule is CC(=O)CCn1ccc2c(Br)cccc21. The number of nitrogens with zero attached hydrogens (tertiary/aromatic N) is 1. The Morgan fingerprint density at radius 1 is 1.40 bits per heavy atom. The third-order valence-electron chi connectivity index (χ3n) is 2.47. The Balaban J connectivity index is 2.37. The van der Waals surface area contributed by atoms with Gasteiger partial charge in [0.1, 0.15) is 5.78 Å². The molecule has 1 aromatic heterocycles. The fourth-order valence-electron chi connectivity index (χ4n) is 1.66. The predicted octanol–water partition coefficient (Wildman–Crippen LogP) is 3.38. The molecule has 0 saturated carbocycles. The Hall–Kier alpha value is -1.09. The molecule has 3 heteroatoms. The number of rotatable bonds is 3. The van der Waals surface area contributed by atoms with Crippen LogP contribution < -0.4 is 0 Å². The molecule has 0 radical (unpaired) electrons. The quantitative estimate of drug-likeness (QED) is 0.834. The molecule has 2 rings (SSSR count). The molecule has 0 aliphatic rings. The maximum absolute atomic E-state index is 10.9. The minimum absolute atomic E-state index is 0.229. The van der Waals surface area contributed by atoms with Crippen molar-refractivity contribution in [1.29, 1.82) is 0 Å². The molecule has 2 nitrogen and oxygen atoms in total. The molecule has 15 heavy (non-hydrogen) atoms. The Labute approximate surface area is 97.0 Å². The van der Waals surface area contributed by atoms with Crippen molar-refractivity contribution >= 4 is 32.6 Å². The molecule has 0 fully saturated rings. The first-order valence-electron chi connectivity index (χ1n) is 4.91. The summed E-state index contributed by atoms with van der Waals surface area (Å²) in [5.41, 5.74) is 1.17. The molecule has 0 atom stereocenters. The molecule has 0 amide bonds. The maximum atomic E-state index is 10.9. The molecule has 78 valence electrons. The first-order valence-corrected chi connectivity index (χ1v) is 5.70. The van der Waals surface area contributed by atoms with Gasteiger partial charge < -0.3 is 4.57 Å². The van der Waals surface area contributed by atoms with Crippen molar-refractivity contribution in [3.05, 3.63) is 34.9 Å². The van der Waals surface area contributed by atoms with Crippen molar-refractivity contribution in [1.82, 2.24) is 4.57 Å². The summed E-state index contributed by atoms with van der Waals surface area (Å²) < 4.78 is 3.21. The van der Waals surface area contributed by atoms with Crippen molar-refractivity contribution in [2.24, 2.45) is 0 Å². The van der Waals surface area contributed by atoms with E-state index in [4.69, 9.17) is 0 Å². The van der Waals surface area contributed by atoms with Crippen molar-refractivity contribution in [3.8, 4) is 0 Å². The van der Waals surface area contributed by atoms with Crippen molar-refractivity contribution in [3.63, 3.8) is 0 Å². The summed E-state index contributed by atoms with van der Waals surface area (Å²) in [5, 5.41) is 1.20. The largest absolute Gasteiger partial charge is 0.347 e. The normalized spacial score (nSPS) is 10.8. The van der Waals surface area contributed by atoms with Crippen molar-refractivity contribution in [2.75, 3.05) is 0 Å². The number of aryl methyl sites for hydroxylation is 1. The highest BCUT2D eigenvalue weighted by Crippen LogP contribution is 2.24. The first kappa shape index (κ1) is 10.4. The standard InChI is InChI=1S/C12H12BrNO/c1-9(15)5-7-14-8-6-10-11(13)3-2-4-12(10)14/h2-4,6,8H,5,7H2,1H3. The summed E-state index contributed by atoms with van der Waals surface area (Å²) in [6.45, 7) is 2.39. The topological polar surface area (TPSA) is 22.0 Å².